The standard InChI is InChI=1S/C16H16O4S/c1-12-8-9-14(21(2,18)19)10-15(12)16(17)20-11-13-6-4-3-5-7-13/h3-10H,11H2,1-2H3. The molecule has 2 aromatic carbocycles. The number of esters is 1. The van der Waals surface area contributed by atoms with Crippen LogP contribution in [0.1, 0.15) is 21.5 Å². The molecule has 0 spiro atoms. The minimum atomic E-state index is -3.35. The molecule has 21 heavy (non-hydrogen) atoms. The third kappa shape index (κ3) is 3.92. The van der Waals surface area contributed by atoms with Crippen LogP contribution in [-0.2, 0) is 21.2 Å². The fourth-order valence-electron chi connectivity index (χ4n) is 1.85. The summed E-state index contributed by atoms with van der Waals surface area (Å²) < 4.78 is 28.3. The first-order valence-corrected chi connectivity index (χ1v) is 8.29. The van der Waals surface area contributed by atoms with Crippen molar-refractivity contribution in [1.82, 2.24) is 0 Å². The van der Waals surface area contributed by atoms with Gasteiger partial charge in [-0.15, -0.1) is 0 Å². The lowest BCUT2D eigenvalue weighted by Crippen LogP contribution is -2.09. The number of carbonyl (C=O) groups is 1. The van der Waals surface area contributed by atoms with Gasteiger partial charge in [0.15, 0.2) is 9.84 Å². The Labute approximate surface area is 124 Å². The van der Waals surface area contributed by atoms with Crippen LogP contribution in [0.5, 0.6) is 0 Å². The van der Waals surface area contributed by atoms with Gasteiger partial charge in [-0.2, -0.15) is 0 Å². The van der Waals surface area contributed by atoms with E-state index in [4.69, 9.17) is 4.74 Å². The van der Waals surface area contributed by atoms with Crippen LogP contribution in [0.4, 0.5) is 0 Å². The van der Waals surface area contributed by atoms with E-state index in [0.29, 0.717) is 5.56 Å². The lowest BCUT2D eigenvalue weighted by Gasteiger charge is -2.09. The second kappa shape index (κ2) is 6.10. The van der Waals surface area contributed by atoms with Gasteiger partial charge in [0.25, 0.3) is 0 Å². The fraction of sp³-hybridized carbons (Fsp3) is 0.188. The van der Waals surface area contributed by atoms with Gasteiger partial charge in [0.2, 0.25) is 0 Å². The van der Waals surface area contributed by atoms with Gasteiger partial charge < -0.3 is 4.74 Å². The second-order valence-electron chi connectivity index (χ2n) is 4.81. The summed E-state index contributed by atoms with van der Waals surface area (Å²) in [6.45, 7) is 1.90. The van der Waals surface area contributed by atoms with Crippen LogP contribution in [-0.4, -0.2) is 20.6 Å². The van der Waals surface area contributed by atoms with Gasteiger partial charge in [-0.1, -0.05) is 36.4 Å². The Bertz CT molecular complexity index is 749. The third-order valence-corrected chi connectivity index (χ3v) is 4.18. The molecule has 0 saturated heterocycles. The number of hydrogen-bond donors (Lipinski definition) is 0. The maximum atomic E-state index is 12.1. The Hall–Kier alpha value is -2.14. The largest absolute Gasteiger partial charge is 0.457 e. The van der Waals surface area contributed by atoms with E-state index < -0.39 is 15.8 Å². The van der Waals surface area contributed by atoms with Gasteiger partial charge in [-0.3, -0.25) is 0 Å². The number of rotatable bonds is 4. The van der Waals surface area contributed by atoms with E-state index in [-0.39, 0.29) is 17.1 Å². The van der Waals surface area contributed by atoms with Crippen molar-refractivity contribution in [1.29, 1.82) is 0 Å². The molecule has 0 N–H and O–H groups in total. The van der Waals surface area contributed by atoms with E-state index in [1.807, 2.05) is 30.3 Å². The molecule has 4 nitrogen and oxygen atoms in total. The Kier molecular flexibility index (Phi) is 4.43. The lowest BCUT2D eigenvalue weighted by molar-refractivity contribution is 0.0471. The minimum absolute atomic E-state index is 0.111. The molecular formula is C16H16O4S. The summed E-state index contributed by atoms with van der Waals surface area (Å²) in [6, 6.07) is 13.8. The maximum Gasteiger partial charge on any atom is 0.338 e. The zero-order chi connectivity index (χ0) is 15.5. The van der Waals surface area contributed by atoms with Gasteiger partial charge >= 0.3 is 5.97 Å². The Balaban J connectivity index is 2.19. The molecule has 0 unspecified atom stereocenters. The molecule has 0 aliphatic rings. The molecule has 5 heteroatoms. The summed E-state index contributed by atoms with van der Waals surface area (Å²) in [5.74, 6) is -0.526. The summed E-state index contributed by atoms with van der Waals surface area (Å²) in [5.41, 5.74) is 1.83. The topological polar surface area (TPSA) is 60.4 Å². The normalized spacial score (nSPS) is 11.1. The summed E-state index contributed by atoms with van der Waals surface area (Å²) in [4.78, 5) is 12.2. The summed E-state index contributed by atoms with van der Waals surface area (Å²) in [7, 11) is -3.35. The van der Waals surface area contributed by atoms with Crippen LogP contribution in [0, 0.1) is 6.92 Å². The first-order chi connectivity index (χ1) is 9.88. The van der Waals surface area contributed by atoms with E-state index in [1.54, 1.807) is 13.0 Å². The molecule has 0 atom stereocenters. The molecule has 110 valence electrons. The highest BCUT2D eigenvalue weighted by Crippen LogP contribution is 2.17. The summed E-state index contributed by atoms with van der Waals surface area (Å²) in [5, 5.41) is 0. The van der Waals surface area contributed by atoms with Crippen molar-refractivity contribution in [3.63, 3.8) is 0 Å². The van der Waals surface area contributed by atoms with Crippen LogP contribution in [0.25, 0.3) is 0 Å². The van der Waals surface area contributed by atoms with Crippen LogP contribution < -0.4 is 0 Å². The number of carbonyl (C=O) groups excluding carboxylic acids is 1. The molecule has 2 rings (SSSR count). The molecular weight excluding hydrogens is 288 g/mol. The molecule has 0 aromatic heterocycles. The molecule has 0 fully saturated rings. The van der Waals surface area contributed by atoms with Crippen molar-refractivity contribution in [3.05, 3.63) is 65.2 Å². The highest BCUT2D eigenvalue weighted by Gasteiger charge is 2.15. The summed E-state index contributed by atoms with van der Waals surface area (Å²) >= 11 is 0. The van der Waals surface area contributed by atoms with E-state index in [1.165, 1.54) is 12.1 Å². The Morgan fingerprint density at radius 3 is 2.38 bits per heavy atom. The average Bonchev–Trinajstić information content (AvgIpc) is 2.45. The van der Waals surface area contributed by atoms with E-state index in [2.05, 4.69) is 0 Å². The molecule has 2 aromatic rings. The molecule has 0 aliphatic carbocycles. The van der Waals surface area contributed by atoms with Crippen LogP contribution in [0.2, 0.25) is 0 Å². The van der Waals surface area contributed by atoms with Crippen molar-refractivity contribution in [2.75, 3.05) is 6.26 Å². The molecule has 0 aliphatic heterocycles. The lowest BCUT2D eigenvalue weighted by atomic mass is 10.1. The Morgan fingerprint density at radius 2 is 1.76 bits per heavy atom. The second-order valence-corrected chi connectivity index (χ2v) is 6.83. The smallest absolute Gasteiger partial charge is 0.338 e. The van der Waals surface area contributed by atoms with E-state index in [9.17, 15) is 13.2 Å². The first-order valence-electron chi connectivity index (χ1n) is 6.39. The SMILES string of the molecule is Cc1ccc(S(C)(=O)=O)cc1C(=O)OCc1ccccc1. The third-order valence-electron chi connectivity index (χ3n) is 3.07. The number of sulfone groups is 1. The number of aryl methyl sites for hydroxylation is 1. The van der Waals surface area contributed by atoms with Crippen molar-refractivity contribution in [2.45, 2.75) is 18.4 Å². The van der Waals surface area contributed by atoms with E-state index >= 15 is 0 Å². The molecule has 0 radical (unpaired) electrons. The highest BCUT2D eigenvalue weighted by atomic mass is 32.2. The van der Waals surface area contributed by atoms with Crippen molar-refractivity contribution in [3.8, 4) is 0 Å². The molecule has 0 heterocycles. The quantitative estimate of drug-likeness (QED) is 0.815. The fourth-order valence-corrected chi connectivity index (χ4v) is 2.50. The van der Waals surface area contributed by atoms with Gasteiger partial charge in [-0.05, 0) is 30.2 Å². The van der Waals surface area contributed by atoms with Gasteiger partial charge in [0.1, 0.15) is 6.61 Å². The highest BCUT2D eigenvalue weighted by molar-refractivity contribution is 7.90. The Morgan fingerprint density at radius 1 is 1.10 bits per heavy atom. The maximum absolute atomic E-state index is 12.1. The molecule has 0 saturated carbocycles. The number of benzene rings is 2. The van der Waals surface area contributed by atoms with Gasteiger partial charge in [0, 0.05) is 6.26 Å². The van der Waals surface area contributed by atoms with Crippen LogP contribution >= 0.6 is 0 Å². The van der Waals surface area contributed by atoms with Gasteiger partial charge in [-0.25, -0.2) is 13.2 Å². The monoisotopic (exact) mass is 304 g/mol. The van der Waals surface area contributed by atoms with E-state index in [0.717, 1.165) is 11.8 Å². The number of hydrogen-bond acceptors (Lipinski definition) is 4. The molecule has 0 bridgehead atoms. The summed E-state index contributed by atoms with van der Waals surface area (Å²) in [6.07, 6.45) is 1.11. The number of ether oxygens (including phenoxy) is 1. The molecule has 0 amide bonds. The van der Waals surface area contributed by atoms with Crippen molar-refractivity contribution >= 4 is 15.8 Å². The predicted octanol–water partition coefficient (Wildman–Crippen LogP) is 2.76. The van der Waals surface area contributed by atoms with Crippen LogP contribution in [0.15, 0.2) is 53.4 Å². The van der Waals surface area contributed by atoms with Gasteiger partial charge in [0.05, 0.1) is 10.5 Å². The van der Waals surface area contributed by atoms with Crippen molar-refractivity contribution in [2.24, 2.45) is 0 Å². The van der Waals surface area contributed by atoms with Crippen LogP contribution in [0.3, 0.4) is 0 Å². The average molecular weight is 304 g/mol. The predicted molar refractivity (Wildman–Crippen MR) is 79.9 cm³/mol. The zero-order valence-corrected chi connectivity index (χ0v) is 12.7. The zero-order valence-electron chi connectivity index (χ0n) is 11.9. The van der Waals surface area contributed by atoms with Crippen molar-refractivity contribution < 1.29 is 17.9 Å². The minimum Gasteiger partial charge on any atom is -0.457 e. The first kappa shape index (κ1) is 15.3.